The zero-order chi connectivity index (χ0) is 15.7. The molecule has 3 atom stereocenters. The van der Waals surface area contributed by atoms with E-state index in [-0.39, 0.29) is 12.4 Å². The smallest absolute Gasteiger partial charge is 0.163 e. The first kappa shape index (κ1) is 16.4. The molecule has 0 radical (unpaired) electrons. The molecule has 21 heavy (non-hydrogen) atoms. The summed E-state index contributed by atoms with van der Waals surface area (Å²) in [5, 5.41) is 9.57. The van der Waals surface area contributed by atoms with Crippen LogP contribution in [-0.4, -0.2) is 43.9 Å². The van der Waals surface area contributed by atoms with Gasteiger partial charge in [-0.15, -0.1) is 0 Å². The standard InChI is InChI=1S/C15H22O5S/c1-4-21(17,18)14(11-8-6-5-7-9-11)13(16)12-10-19-15(2,3)20-12/h5-9,12-14,16H,4,10H2,1-3H3/t12-,13+,14+/m1/s1. The molecule has 1 fully saturated rings. The third-order valence-corrected chi connectivity index (χ3v) is 5.77. The van der Waals surface area contributed by atoms with Gasteiger partial charge in [-0.25, -0.2) is 8.42 Å². The van der Waals surface area contributed by atoms with Crippen LogP contribution in [0.1, 0.15) is 31.6 Å². The monoisotopic (exact) mass is 314 g/mol. The van der Waals surface area contributed by atoms with Crippen molar-refractivity contribution in [1.82, 2.24) is 0 Å². The number of rotatable bonds is 5. The summed E-state index contributed by atoms with van der Waals surface area (Å²) >= 11 is 0. The molecule has 1 aliphatic heterocycles. The van der Waals surface area contributed by atoms with E-state index in [9.17, 15) is 13.5 Å². The van der Waals surface area contributed by atoms with E-state index in [4.69, 9.17) is 9.47 Å². The Bertz CT molecular complexity index is 567. The SMILES string of the molecule is CCS(=O)(=O)[C@@H](c1ccccc1)[C@@H](O)[C@H]1COC(C)(C)O1. The lowest BCUT2D eigenvalue weighted by Gasteiger charge is -2.27. The van der Waals surface area contributed by atoms with Gasteiger partial charge in [0.1, 0.15) is 17.5 Å². The molecule has 1 aromatic rings. The Morgan fingerprint density at radius 3 is 2.43 bits per heavy atom. The number of aliphatic hydroxyl groups excluding tert-OH is 1. The fraction of sp³-hybridized carbons (Fsp3) is 0.600. The second-order valence-electron chi connectivity index (χ2n) is 5.64. The van der Waals surface area contributed by atoms with Gasteiger partial charge in [0.2, 0.25) is 0 Å². The lowest BCUT2D eigenvalue weighted by molar-refractivity contribution is -0.151. The first-order valence-corrected chi connectivity index (χ1v) is 8.75. The number of benzene rings is 1. The summed E-state index contributed by atoms with van der Waals surface area (Å²) in [6, 6.07) is 8.75. The van der Waals surface area contributed by atoms with Crippen LogP contribution in [0.25, 0.3) is 0 Å². The average molecular weight is 314 g/mol. The van der Waals surface area contributed by atoms with E-state index in [2.05, 4.69) is 0 Å². The maximum Gasteiger partial charge on any atom is 0.163 e. The Hall–Kier alpha value is -0.950. The molecule has 1 aromatic carbocycles. The third kappa shape index (κ3) is 3.63. The van der Waals surface area contributed by atoms with Gasteiger partial charge in [0, 0.05) is 5.75 Å². The minimum Gasteiger partial charge on any atom is -0.389 e. The largest absolute Gasteiger partial charge is 0.389 e. The van der Waals surface area contributed by atoms with Gasteiger partial charge < -0.3 is 14.6 Å². The van der Waals surface area contributed by atoms with Crippen LogP contribution in [0.5, 0.6) is 0 Å². The van der Waals surface area contributed by atoms with Gasteiger partial charge in [0.25, 0.3) is 0 Å². The number of ether oxygens (including phenoxy) is 2. The molecule has 0 saturated carbocycles. The van der Waals surface area contributed by atoms with Crippen molar-refractivity contribution in [3.63, 3.8) is 0 Å². The van der Waals surface area contributed by atoms with Crippen LogP contribution in [0.3, 0.4) is 0 Å². The molecule has 0 aromatic heterocycles. The molecule has 1 saturated heterocycles. The Balaban J connectivity index is 2.33. The van der Waals surface area contributed by atoms with Crippen LogP contribution in [0, 0.1) is 0 Å². The topological polar surface area (TPSA) is 72.8 Å². The average Bonchev–Trinajstić information content (AvgIpc) is 2.80. The lowest BCUT2D eigenvalue weighted by Crippen LogP contribution is -2.39. The molecule has 118 valence electrons. The Labute approximate surface area is 125 Å². The summed E-state index contributed by atoms with van der Waals surface area (Å²) in [4.78, 5) is 0. The Morgan fingerprint density at radius 1 is 1.33 bits per heavy atom. The molecule has 1 N–H and O–H groups in total. The summed E-state index contributed by atoms with van der Waals surface area (Å²) < 4.78 is 35.9. The maximum atomic E-state index is 12.4. The number of sulfone groups is 1. The van der Waals surface area contributed by atoms with Crippen molar-refractivity contribution >= 4 is 9.84 Å². The number of hydrogen-bond donors (Lipinski definition) is 1. The summed E-state index contributed by atoms with van der Waals surface area (Å²) in [5.41, 5.74) is 0.570. The van der Waals surface area contributed by atoms with E-state index in [1.54, 1.807) is 45.0 Å². The van der Waals surface area contributed by atoms with E-state index in [0.29, 0.717) is 5.56 Å². The van der Waals surface area contributed by atoms with Crippen LogP contribution in [-0.2, 0) is 19.3 Å². The van der Waals surface area contributed by atoms with Gasteiger partial charge in [0.05, 0.1) is 6.61 Å². The van der Waals surface area contributed by atoms with Gasteiger partial charge in [-0.1, -0.05) is 37.3 Å². The zero-order valence-corrected chi connectivity index (χ0v) is 13.3. The van der Waals surface area contributed by atoms with Gasteiger partial charge in [-0.05, 0) is 19.4 Å². The first-order chi connectivity index (χ1) is 9.77. The highest BCUT2D eigenvalue weighted by Gasteiger charge is 2.44. The van der Waals surface area contributed by atoms with Crippen molar-refractivity contribution in [3.05, 3.63) is 35.9 Å². The molecular formula is C15H22O5S. The highest BCUT2D eigenvalue weighted by molar-refractivity contribution is 7.91. The minimum absolute atomic E-state index is 0.0411. The third-order valence-electron chi connectivity index (χ3n) is 3.64. The molecule has 0 bridgehead atoms. The van der Waals surface area contributed by atoms with Crippen LogP contribution < -0.4 is 0 Å². The van der Waals surface area contributed by atoms with Crippen LogP contribution in [0.15, 0.2) is 30.3 Å². The second kappa shape index (κ2) is 6.04. The van der Waals surface area contributed by atoms with Crippen LogP contribution >= 0.6 is 0 Å². The van der Waals surface area contributed by atoms with E-state index in [0.717, 1.165) is 0 Å². The highest BCUT2D eigenvalue weighted by Crippen LogP contribution is 2.34. The van der Waals surface area contributed by atoms with E-state index >= 15 is 0 Å². The van der Waals surface area contributed by atoms with E-state index in [1.165, 1.54) is 0 Å². The molecule has 0 amide bonds. The van der Waals surface area contributed by atoms with Crippen molar-refractivity contribution < 1.29 is 23.0 Å². The summed E-state index contributed by atoms with van der Waals surface area (Å²) in [6.45, 7) is 5.24. The maximum absolute atomic E-state index is 12.4. The first-order valence-electron chi connectivity index (χ1n) is 7.03. The number of hydrogen-bond acceptors (Lipinski definition) is 5. The summed E-state index contributed by atoms with van der Waals surface area (Å²) in [7, 11) is -3.47. The summed E-state index contributed by atoms with van der Waals surface area (Å²) in [6.07, 6.45) is -1.83. The molecule has 0 spiro atoms. The number of aliphatic hydroxyl groups is 1. The normalized spacial score (nSPS) is 24.7. The van der Waals surface area contributed by atoms with Gasteiger partial charge in [0.15, 0.2) is 15.6 Å². The van der Waals surface area contributed by atoms with Gasteiger partial charge in [-0.2, -0.15) is 0 Å². The molecule has 1 aliphatic rings. The van der Waals surface area contributed by atoms with Crippen molar-refractivity contribution in [2.75, 3.05) is 12.4 Å². The predicted octanol–water partition coefficient (Wildman–Crippen LogP) is 1.67. The fourth-order valence-corrected chi connectivity index (χ4v) is 4.05. The fourth-order valence-electron chi connectivity index (χ4n) is 2.52. The quantitative estimate of drug-likeness (QED) is 0.895. The summed E-state index contributed by atoms with van der Waals surface area (Å²) in [5.74, 6) is -0.844. The Kier molecular flexibility index (Phi) is 4.72. The van der Waals surface area contributed by atoms with Crippen LogP contribution in [0.2, 0.25) is 0 Å². The molecule has 6 heteroatoms. The van der Waals surface area contributed by atoms with E-state index in [1.807, 2.05) is 6.07 Å². The predicted molar refractivity (Wildman–Crippen MR) is 79.6 cm³/mol. The van der Waals surface area contributed by atoms with Crippen molar-refractivity contribution in [1.29, 1.82) is 0 Å². The van der Waals surface area contributed by atoms with Crippen molar-refractivity contribution in [2.45, 2.75) is 44.0 Å². The molecule has 2 rings (SSSR count). The molecule has 1 heterocycles. The highest BCUT2D eigenvalue weighted by atomic mass is 32.2. The van der Waals surface area contributed by atoms with E-state index < -0.39 is 33.1 Å². The molecule has 0 unspecified atom stereocenters. The Morgan fingerprint density at radius 2 is 1.95 bits per heavy atom. The minimum atomic E-state index is -3.47. The molecule has 0 aliphatic carbocycles. The molecular weight excluding hydrogens is 292 g/mol. The zero-order valence-electron chi connectivity index (χ0n) is 12.5. The lowest BCUT2D eigenvalue weighted by atomic mass is 10.0. The second-order valence-corrected chi connectivity index (χ2v) is 8.05. The van der Waals surface area contributed by atoms with Crippen LogP contribution in [0.4, 0.5) is 0 Å². The molecule has 5 nitrogen and oxygen atoms in total. The van der Waals surface area contributed by atoms with Crippen molar-refractivity contribution in [3.8, 4) is 0 Å². The van der Waals surface area contributed by atoms with Gasteiger partial charge >= 0.3 is 0 Å². The van der Waals surface area contributed by atoms with Crippen molar-refractivity contribution in [2.24, 2.45) is 0 Å². The van der Waals surface area contributed by atoms with Gasteiger partial charge in [-0.3, -0.25) is 0 Å².